The summed E-state index contributed by atoms with van der Waals surface area (Å²) in [5.41, 5.74) is 10.5. The maximum Gasteiger partial charge on any atom is -0.0279 e. The van der Waals surface area contributed by atoms with Gasteiger partial charge in [0, 0.05) is 0 Å². The largest absolute Gasteiger partial charge is 1.00 e. The molecule has 57 heavy (non-hydrogen) atoms. The Morgan fingerprint density at radius 3 is 1.32 bits per heavy atom. The van der Waals surface area contributed by atoms with Crippen LogP contribution in [0, 0.1) is 25.7 Å². The molecule has 2 aliphatic carbocycles. The second kappa shape index (κ2) is 22.8. The predicted molar refractivity (Wildman–Crippen MR) is 227 cm³/mol. The Balaban J connectivity index is 0.000000204. The van der Waals surface area contributed by atoms with E-state index in [1.807, 2.05) is 6.55 Å². The fourth-order valence-electron chi connectivity index (χ4n) is 8.58. The molecule has 2 fully saturated rings. The van der Waals surface area contributed by atoms with Gasteiger partial charge in [-0.2, -0.15) is 12.1 Å². The molecule has 0 aliphatic heterocycles. The standard InChI is InChI=1S/2C23H25.C4H7F3Si.2ClH.Zr/c2*1-17-10-12-20(13-11-17)22-9-5-8-21-15-19(16-23(21)22)14-18-6-3-2-4-7-18;1-8-3-2-4(5,6)7;;;/h2*5,8-13,15-16,18H,2-4,6-7,14H2,1H3;2-3H2,1H3;2*1H;/q2*-1;;;;+2/p-2. The summed E-state index contributed by atoms with van der Waals surface area (Å²) in [6.07, 6.45) is 12.3. The minimum absolute atomic E-state index is 0. The molecule has 0 saturated heterocycles. The number of hydrogen-bond donors (Lipinski definition) is 0. The third-order valence-corrected chi connectivity index (χ3v) is 14.5. The van der Waals surface area contributed by atoms with E-state index in [-0.39, 0.29) is 24.8 Å². The first-order valence-electron chi connectivity index (χ1n) is 20.6. The second-order valence-electron chi connectivity index (χ2n) is 16.4. The van der Waals surface area contributed by atoms with Crippen LogP contribution in [-0.2, 0) is 36.2 Å². The summed E-state index contributed by atoms with van der Waals surface area (Å²) in [6.45, 7) is 6.22. The summed E-state index contributed by atoms with van der Waals surface area (Å²) in [6, 6.07) is 41.4. The van der Waals surface area contributed by atoms with Crippen LogP contribution in [0.25, 0.3) is 43.8 Å². The van der Waals surface area contributed by atoms with Crippen LogP contribution in [-0.4, -0.2) is 11.6 Å². The van der Waals surface area contributed by atoms with Crippen molar-refractivity contribution in [1.29, 1.82) is 0 Å². The Kier molecular flexibility index (Phi) is 18.9. The Bertz CT molecular complexity index is 1980. The summed E-state index contributed by atoms with van der Waals surface area (Å²) in [4.78, 5) is 0. The normalized spacial score (nSPS) is 14.8. The zero-order chi connectivity index (χ0) is 38.8. The third-order valence-electron chi connectivity index (χ3n) is 11.6. The molecule has 0 N–H and O–H groups in total. The molecule has 2 saturated carbocycles. The van der Waals surface area contributed by atoms with E-state index in [4.69, 9.17) is 0 Å². The van der Waals surface area contributed by atoms with Crippen molar-refractivity contribution in [2.24, 2.45) is 11.8 Å². The van der Waals surface area contributed by atoms with Gasteiger partial charge in [0.1, 0.15) is 0 Å². The first kappa shape index (κ1) is 47.3. The predicted octanol–water partition coefficient (Wildman–Crippen LogP) is 9.43. The summed E-state index contributed by atoms with van der Waals surface area (Å²) < 4.78 is 34.3. The maximum atomic E-state index is 11.4. The SMILES string of the molecule is C[Si](=[Zr+2])CCC(F)(F)F.Cc1ccc(-c2cccc3[cH-]c(CC4CCCCC4)cc23)cc1.Cc1ccc(-c2cccc3[cH-]c(CC4CCCCC4)cc23)cc1.[Cl-].[Cl-]. The molecule has 0 radical (unpaired) electrons. The molecule has 0 aromatic heterocycles. The van der Waals surface area contributed by atoms with Crippen LogP contribution >= 0.6 is 0 Å². The molecule has 8 rings (SSSR count). The molecule has 0 unspecified atom stereocenters. The van der Waals surface area contributed by atoms with Crippen molar-refractivity contribution < 1.29 is 61.3 Å². The van der Waals surface area contributed by atoms with Crippen molar-refractivity contribution in [3.63, 3.8) is 0 Å². The monoisotopic (exact) mass is 902 g/mol. The Labute approximate surface area is 367 Å². The van der Waals surface area contributed by atoms with Crippen molar-refractivity contribution in [3.05, 3.63) is 131 Å². The molecule has 6 aromatic rings. The van der Waals surface area contributed by atoms with Gasteiger partial charge in [-0.15, -0.1) is 69.1 Å². The average molecular weight is 905 g/mol. The Morgan fingerprint density at radius 1 is 0.596 bits per heavy atom. The van der Waals surface area contributed by atoms with E-state index in [9.17, 15) is 13.2 Å². The minimum Gasteiger partial charge on any atom is -1.00 e. The fourth-order valence-corrected chi connectivity index (χ4v) is 10.2. The summed E-state index contributed by atoms with van der Waals surface area (Å²) in [5, 5.41) is 5.63. The van der Waals surface area contributed by atoms with Gasteiger partial charge < -0.3 is 24.8 Å². The topological polar surface area (TPSA) is 0 Å². The van der Waals surface area contributed by atoms with Gasteiger partial charge in [-0.25, -0.2) is 0 Å². The molecule has 302 valence electrons. The van der Waals surface area contributed by atoms with Gasteiger partial charge in [0.15, 0.2) is 0 Å². The van der Waals surface area contributed by atoms with Crippen LogP contribution in [0.15, 0.2) is 109 Å². The van der Waals surface area contributed by atoms with Gasteiger partial charge in [-0.3, -0.25) is 0 Å². The van der Waals surface area contributed by atoms with Gasteiger partial charge in [-0.05, 0) is 49.7 Å². The maximum absolute atomic E-state index is 11.4. The molecule has 0 heterocycles. The van der Waals surface area contributed by atoms with Crippen molar-refractivity contribution in [2.75, 3.05) is 0 Å². The van der Waals surface area contributed by atoms with E-state index in [1.165, 1.54) is 166 Å². The van der Waals surface area contributed by atoms with Crippen LogP contribution in [0.3, 0.4) is 0 Å². The molecule has 6 aromatic carbocycles. The number of alkyl halides is 3. The van der Waals surface area contributed by atoms with Crippen LogP contribution in [0.1, 0.15) is 92.9 Å². The number of rotatable bonds is 8. The zero-order valence-corrected chi connectivity index (χ0v) is 38.8. The van der Waals surface area contributed by atoms with E-state index in [0.717, 1.165) is 11.8 Å². The Morgan fingerprint density at radius 2 is 0.982 bits per heavy atom. The number of halogens is 5. The molecule has 0 atom stereocenters. The number of benzene rings is 4. The summed E-state index contributed by atoms with van der Waals surface area (Å²) in [7, 11) is 0. The van der Waals surface area contributed by atoms with Crippen molar-refractivity contribution in [1.82, 2.24) is 0 Å². The molecule has 0 bridgehead atoms. The van der Waals surface area contributed by atoms with E-state index >= 15 is 0 Å². The van der Waals surface area contributed by atoms with Crippen LogP contribution in [0.2, 0.25) is 12.6 Å². The van der Waals surface area contributed by atoms with Crippen molar-refractivity contribution in [3.8, 4) is 22.3 Å². The first-order chi connectivity index (χ1) is 26.5. The quantitative estimate of drug-likeness (QED) is 0.106. The van der Waals surface area contributed by atoms with E-state index in [2.05, 4.69) is 123 Å². The molecule has 2 aliphatic rings. The number of aryl methyl sites for hydroxylation is 2. The van der Waals surface area contributed by atoms with Gasteiger partial charge in [-0.1, -0.05) is 147 Å². The van der Waals surface area contributed by atoms with E-state index < -0.39 is 18.0 Å². The zero-order valence-electron chi connectivity index (χ0n) is 33.8. The summed E-state index contributed by atoms with van der Waals surface area (Å²) >= 11 is 1.29. The molecule has 7 heteroatoms. The van der Waals surface area contributed by atoms with Gasteiger partial charge in [0.05, 0.1) is 0 Å². The van der Waals surface area contributed by atoms with E-state index in [0.29, 0.717) is 6.04 Å². The van der Waals surface area contributed by atoms with Crippen molar-refractivity contribution >= 4 is 27.0 Å². The fraction of sp³-hybridized carbons (Fsp3) is 0.400. The van der Waals surface area contributed by atoms with Gasteiger partial charge >= 0.3 is 67.1 Å². The van der Waals surface area contributed by atoms with Crippen LogP contribution in [0.5, 0.6) is 0 Å². The number of fused-ring (bicyclic) bond motifs is 2. The second-order valence-corrected chi connectivity index (χ2v) is 24.7. The smallest absolute Gasteiger partial charge is 0.0279 e. The average Bonchev–Trinajstić information content (AvgIpc) is 3.79. The third kappa shape index (κ3) is 14.4. The van der Waals surface area contributed by atoms with Gasteiger partial charge in [0.2, 0.25) is 0 Å². The number of hydrogen-bond acceptors (Lipinski definition) is 0. The van der Waals surface area contributed by atoms with Crippen LogP contribution < -0.4 is 24.8 Å². The molecular weight excluding hydrogens is 848 g/mol. The molecule has 0 spiro atoms. The first-order valence-corrected chi connectivity index (χ1v) is 26.5. The minimum atomic E-state index is -3.93. The van der Waals surface area contributed by atoms with Gasteiger partial charge in [0.25, 0.3) is 0 Å². The Hall–Kier alpha value is -2.43. The molecule has 0 amide bonds. The van der Waals surface area contributed by atoms with Crippen molar-refractivity contribution in [2.45, 2.75) is 116 Å². The van der Waals surface area contributed by atoms with E-state index in [1.54, 1.807) is 0 Å². The van der Waals surface area contributed by atoms with Crippen LogP contribution in [0.4, 0.5) is 13.2 Å². The summed E-state index contributed by atoms with van der Waals surface area (Å²) in [5.74, 6) is 1.81. The molecule has 0 nitrogen and oxygen atoms in total. The molecular formula is C50H57Cl2F3SiZr-2.